The Balaban J connectivity index is 1.91. The molecule has 11 heteroatoms. The molecule has 0 saturated heterocycles. The molecule has 10 nitrogen and oxygen atoms in total. The first-order valence-electron chi connectivity index (χ1n) is 12.9. The van der Waals surface area contributed by atoms with Gasteiger partial charge in [0, 0.05) is 29.3 Å². The van der Waals surface area contributed by atoms with Crippen LogP contribution in [-0.2, 0) is 16.4 Å². The van der Waals surface area contributed by atoms with Crippen molar-refractivity contribution in [2.45, 2.75) is 44.2 Å². The number of benzene rings is 3. The van der Waals surface area contributed by atoms with Gasteiger partial charge in [-0.1, -0.05) is 55.4 Å². The van der Waals surface area contributed by atoms with Gasteiger partial charge in [-0.05, 0) is 72.3 Å². The van der Waals surface area contributed by atoms with Crippen LogP contribution in [-0.4, -0.2) is 56.1 Å². The van der Waals surface area contributed by atoms with E-state index in [-0.39, 0.29) is 30.3 Å². The van der Waals surface area contributed by atoms with E-state index in [0.29, 0.717) is 22.6 Å². The zero-order valence-electron chi connectivity index (χ0n) is 23.1. The van der Waals surface area contributed by atoms with Crippen molar-refractivity contribution in [3.8, 4) is 5.75 Å². The number of sulfonamides is 1. The summed E-state index contributed by atoms with van der Waals surface area (Å²) in [7, 11) is -2.45. The summed E-state index contributed by atoms with van der Waals surface area (Å²) in [6.45, 7) is 5.47. The quantitative estimate of drug-likeness (QED) is 0.170. The molecular formula is C29H35N5O5S. The maximum Gasteiger partial charge on any atom is 0.251 e. The number of nitrogens with zero attached hydrogens (tertiary/aromatic N) is 4. The SMILES string of the molecule is COc1ccc(S(=O)(=O)N(CC(C)C)C[C@@H](O)[C@H](Cc2ccccc2)NC(=O)c2ccc(N=[N+]=[N-])cc2C)cc1. The van der Waals surface area contributed by atoms with Gasteiger partial charge in [0.05, 0.1) is 24.2 Å². The summed E-state index contributed by atoms with van der Waals surface area (Å²) >= 11 is 0. The van der Waals surface area contributed by atoms with Crippen molar-refractivity contribution in [2.75, 3.05) is 20.2 Å². The highest BCUT2D eigenvalue weighted by Crippen LogP contribution is 2.22. The smallest absolute Gasteiger partial charge is 0.251 e. The van der Waals surface area contributed by atoms with Crippen LogP contribution < -0.4 is 10.1 Å². The number of aliphatic hydroxyl groups excluding tert-OH is 1. The zero-order chi connectivity index (χ0) is 29.3. The van der Waals surface area contributed by atoms with E-state index >= 15 is 0 Å². The highest BCUT2D eigenvalue weighted by molar-refractivity contribution is 7.89. The van der Waals surface area contributed by atoms with E-state index in [1.54, 1.807) is 31.2 Å². The van der Waals surface area contributed by atoms with Gasteiger partial charge in [-0.2, -0.15) is 4.31 Å². The Hall–Kier alpha value is -3.89. The van der Waals surface area contributed by atoms with Crippen LogP contribution in [0, 0.1) is 12.8 Å². The third-order valence-electron chi connectivity index (χ3n) is 6.35. The van der Waals surface area contributed by atoms with E-state index in [2.05, 4.69) is 15.3 Å². The van der Waals surface area contributed by atoms with Crippen molar-refractivity contribution in [2.24, 2.45) is 11.0 Å². The number of carbonyl (C=O) groups excluding carboxylic acids is 1. The Bertz CT molecular complexity index is 1440. The summed E-state index contributed by atoms with van der Waals surface area (Å²) in [5.74, 6) is 0.0841. The van der Waals surface area contributed by atoms with Crippen molar-refractivity contribution < 1.29 is 23.1 Å². The average molecular weight is 566 g/mol. The number of carbonyl (C=O) groups is 1. The molecule has 0 fully saturated rings. The lowest BCUT2D eigenvalue weighted by Gasteiger charge is -2.31. The van der Waals surface area contributed by atoms with Gasteiger partial charge in [-0.3, -0.25) is 4.79 Å². The highest BCUT2D eigenvalue weighted by Gasteiger charge is 2.31. The van der Waals surface area contributed by atoms with Crippen molar-refractivity contribution in [1.29, 1.82) is 0 Å². The normalized spacial score (nSPS) is 13.0. The molecule has 0 spiro atoms. The summed E-state index contributed by atoms with van der Waals surface area (Å²) in [6.07, 6.45) is -0.944. The molecular weight excluding hydrogens is 530 g/mol. The molecule has 0 heterocycles. The minimum atomic E-state index is -3.95. The first-order chi connectivity index (χ1) is 19.0. The molecule has 0 aliphatic carbocycles. The number of nitrogens with one attached hydrogen (secondary N) is 1. The Morgan fingerprint density at radius 3 is 2.33 bits per heavy atom. The molecule has 0 aliphatic heterocycles. The molecule has 3 rings (SSSR count). The van der Waals surface area contributed by atoms with Crippen molar-refractivity contribution >= 4 is 21.6 Å². The fourth-order valence-corrected chi connectivity index (χ4v) is 5.95. The van der Waals surface area contributed by atoms with Crippen molar-refractivity contribution in [3.63, 3.8) is 0 Å². The first-order valence-corrected chi connectivity index (χ1v) is 14.3. The first kappa shape index (κ1) is 30.6. The average Bonchev–Trinajstić information content (AvgIpc) is 2.92. The Morgan fingerprint density at radius 2 is 1.75 bits per heavy atom. The second-order valence-electron chi connectivity index (χ2n) is 9.92. The lowest BCUT2D eigenvalue weighted by atomic mass is 9.99. The van der Waals surface area contributed by atoms with Gasteiger partial charge < -0.3 is 15.2 Å². The minimum Gasteiger partial charge on any atom is -0.497 e. The Kier molecular flexibility index (Phi) is 10.7. The van der Waals surface area contributed by atoms with Gasteiger partial charge in [0.1, 0.15) is 5.75 Å². The van der Waals surface area contributed by atoms with Gasteiger partial charge in [-0.15, -0.1) is 0 Å². The second kappa shape index (κ2) is 14.0. The number of aliphatic hydroxyl groups is 1. The maximum absolute atomic E-state index is 13.6. The second-order valence-corrected chi connectivity index (χ2v) is 11.9. The number of azide groups is 1. The van der Waals surface area contributed by atoms with Gasteiger partial charge in [0.15, 0.2) is 0 Å². The van der Waals surface area contributed by atoms with Crippen LogP contribution in [0.4, 0.5) is 5.69 Å². The van der Waals surface area contributed by atoms with E-state index in [9.17, 15) is 18.3 Å². The van der Waals surface area contributed by atoms with Gasteiger partial charge in [-0.25, -0.2) is 8.42 Å². The van der Waals surface area contributed by atoms with Crippen molar-refractivity contribution in [3.05, 3.63) is 99.9 Å². The van der Waals surface area contributed by atoms with Crippen LogP contribution in [0.1, 0.15) is 35.3 Å². The number of ether oxygens (including phenoxy) is 1. The fourth-order valence-electron chi connectivity index (χ4n) is 4.32. The number of aryl methyl sites for hydroxylation is 1. The van der Waals surface area contributed by atoms with Crippen LogP contribution in [0.2, 0.25) is 0 Å². The predicted molar refractivity (Wildman–Crippen MR) is 154 cm³/mol. The monoisotopic (exact) mass is 565 g/mol. The third-order valence-corrected chi connectivity index (χ3v) is 8.20. The minimum absolute atomic E-state index is 0.0142. The molecule has 3 aromatic rings. The van der Waals surface area contributed by atoms with Crippen LogP contribution in [0.15, 0.2) is 82.8 Å². The maximum atomic E-state index is 13.6. The molecule has 212 valence electrons. The number of amides is 1. The number of methoxy groups -OCH3 is 1. The Morgan fingerprint density at radius 1 is 1.07 bits per heavy atom. The zero-order valence-corrected chi connectivity index (χ0v) is 23.9. The largest absolute Gasteiger partial charge is 0.497 e. The van der Waals surface area contributed by atoms with E-state index in [1.807, 2.05) is 44.2 Å². The van der Waals surface area contributed by atoms with E-state index in [0.717, 1.165) is 5.56 Å². The molecule has 40 heavy (non-hydrogen) atoms. The Labute approximate surface area is 235 Å². The third kappa shape index (κ3) is 8.06. The molecule has 0 aliphatic rings. The summed E-state index contributed by atoms with van der Waals surface area (Å²) < 4.78 is 33.6. The van der Waals surface area contributed by atoms with E-state index < -0.39 is 28.1 Å². The van der Waals surface area contributed by atoms with Gasteiger partial charge >= 0.3 is 0 Å². The standard InChI is InChI=1S/C29H35N5O5S/c1-20(2)18-34(40(37,38)25-13-11-24(39-4)12-14-25)19-28(35)27(17-22-8-6-5-7-9-22)31-29(36)26-15-10-23(32-33-30)16-21(26)3/h5-16,20,27-28,35H,17-19H2,1-4H3,(H,31,36)/t27-,28+/m0/s1. The molecule has 2 atom stereocenters. The van der Waals surface area contributed by atoms with E-state index in [1.165, 1.54) is 29.6 Å². The summed E-state index contributed by atoms with van der Waals surface area (Å²) in [4.78, 5) is 16.2. The summed E-state index contributed by atoms with van der Waals surface area (Å²) in [5, 5.41) is 17.9. The summed E-state index contributed by atoms with van der Waals surface area (Å²) in [6, 6.07) is 19.3. The molecule has 1 amide bonds. The lowest BCUT2D eigenvalue weighted by Crippen LogP contribution is -2.51. The topological polar surface area (TPSA) is 145 Å². The molecule has 2 N–H and O–H groups in total. The fraction of sp³-hybridized carbons (Fsp3) is 0.345. The number of rotatable bonds is 13. The highest BCUT2D eigenvalue weighted by atomic mass is 32.2. The van der Waals surface area contributed by atoms with Crippen LogP contribution >= 0.6 is 0 Å². The lowest BCUT2D eigenvalue weighted by molar-refractivity contribution is 0.0775. The predicted octanol–water partition coefficient (Wildman–Crippen LogP) is 4.99. The molecule has 3 aromatic carbocycles. The number of hydrogen-bond donors (Lipinski definition) is 2. The summed E-state index contributed by atoms with van der Waals surface area (Å²) in [5.41, 5.74) is 10.9. The molecule has 0 saturated carbocycles. The van der Waals surface area contributed by atoms with Crippen LogP contribution in [0.3, 0.4) is 0 Å². The molecule has 0 bridgehead atoms. The number of hydrogen-bond acceptors (Lipinski definition) is 6. The van der Waals surface area contributed by atoms with Gasteiger partial charge in [0.25, 0.3) is 5.91 Å². The van der Waals surface area contributed by atoms with Crippen LogP contribution in [0.5, 0.6) is 5.75 Å². The van der Waals surface area contributed by atoms with Gasteiger partial charge in [0.2, 0.25) is 10.0 Å². The molecule has 0 aromatic heterocycles. The van der Waals surface area contributed by atoms with Crippen LogP contribution in [0.25, 0.3) is 10.4 Å². The van der Waals surface area contributed by atoms with Crippen molar-refractivity contribution in [1.82, 2.24) is 9.62 Å². The molecule has 0 unspecified atom stereocenters. The van der Waals surface area contributed by atoms with E-state index in [4.69, 9.17) is 10.3 Å². The molecule has 0 radical (unpaired) electrons.